The van der Waals surface area contributed by atoms with E-state index in [0.29, 0.717) is 5.75 Å². The Bertz CT molecular complexity index is 420. The zero-order valence-electron chi connectivity index (χ0n) is 7.77. The molecule has 1 amide bonds. The van der Waals surface area contributed by atoms with Gasteiger partial charge in [-0.1, -0.05) is 29.4 Å². The molecule has 0 aliphatic carbocycles. The molecule has 1 heterocycles. The molecule has 0 N–H and O–H groups in total. The second-order valence-corrected chi connectivity index (χ2v) is 5.47. The molecule has 15 heavy (non-hydrogen) atoms. The number of rotatable bonds is 3. The van der Waals surface area contributed by atoms with Crippen molar-refractivity contribution in [2.45, 2.75) is 4.90 Å². The first-order valence-electron chi connectivity index (χ1n) is 4.35. The predicted octanol–water partition coefficient (Wildman–Crippen LogP) is 3.10. The SMILES string of the molecule is O=C1CSC(CSc2cccc(Cl)c2)=N1. The fourth-order valence-electron chi connectivity index (χ4n) is 1.12. The summed E-state index contributed by atoms with van der Waals surface area (Å²) in [6.07, 6.45) is 0. The van der Waals surface area contributed by atoms with Crippen LogP contribution in [0.5, 0.6) is 0 Å². The van der Waals surface area contributed by atoms with Crippen molar-refractivity contribution in [1.82, 2.24) is 0 Å². The molecule has 0 saturated carbocycles. The third-order valence-electron chi connectivity index (χ3n) is 1.77. The Hall–Kier alpha value is -0.450. The minimum absolute atomic E-state index is 0.0262. The molecule has 2 nitrogen and oxygen atoms in total. The van der Waals surface area contributed by atoms with Crippen LogP contribution in [0.25, 0.3) is 0 Å². The van der Waals surface area contributed by atoms with Crippen molar-refractivity contribution in [1.29, 1.82) is 0 Å². The summed E-state index contributed by atoms with van der Waals surface area (Å²) in [5.74, 6) is 1.21. The smallest absolute Gasteiger partial charge is 0.256 e. The van der Waals surface area contributed by atoms with Gasteiger partial charge in [0.15, 0.2) is 0 Å². The van der Waals surface area contributed by atoms with Crippen LogP contribution in [0.3, 0.4) is 0 Å². The Morgan fingerprint density at radius 1 is 1.53 bits per heavy atom. The molecule has 0 spiro atoms. The van der Waals surface area contributed by atoms with Crippen LogP contribution >= 0.6 is 35.1 Å². The summed E-state index contributed by atoms with van der Waals surface area (Å²) in [4.78, 5) is 15.9. The van der Waals surface area contributed by atoms with Crippen LogP contribution in [0.4, 0.5) is 0 Å². The molecule has 5 heteroatoms. The quantitative estimate of drug-likeness (QED) is 0.780. The number of hydrogen-bond acceptors (Lipinski definition) is 3. The molecule has 0 fully saturated rings. The number of carbonyl (C=O) groups excluding carboxylic acids is 1. The van der Waals surface area contributed by atoms with Crippen LogP contribution in [0, 0.1) is 0 Å². The van der Waals surface area contributed by atoms with Crippen molar-refractivity contribution in [3.05, 3.63) is 29.3 Å². The van der Waals surface area contributed by atoms with Gasteiger partial charge in [0.2, 0.25) is 0 Å². The molecule has 0 radical (unpaired) electrons. The molecule has 2 rings (SSSR count). The highest BCUT2D eigenvalue weighted by molar-refractivity contribution is 8.17. The van der Waals surface area contributed by atoms with Crippen molar-refractivity contribution in [3.63, 3.8) is 0 Å². The number of halogens is 1. The number of thioether (sulfide) groups is 2. The highest BCUT2D eigenvalue weighted by atomic mass is 35.5. The number of nitrogens with zero attached hydrogens (tertiary/aromatic N) is 1. The van der Waals surface area contributed by atoms with E-state index in [1.165, 1.54) is 11.8 Å². The molecule has 78 valence electrons. The number of aliphatic imine (C=N–C) groups is 1. The highest BCUT2D eigenvalue weighted by Crippen LogP contribution is 2.25. The van der Waals surface area contributed by atoms with Gasteiger partial charge >= 0.3 is 0 Å². The van der Waals surface area contributed by atoms with Crippen molar-refractivity contribution >= 4 is 46.1 Å². The second-order valence-electron chi connectivity index (χ2n) is 2.93. The number of carbonyl (C=O) groups is 1. The summed E-state index contributed by atoms with van der Waals surface area (Å²) < 4.78 is 0. The maximum Gasteiger partial charge on any atom is 0.256 e. The van der Waals surface area contributed by atoms with Crippen molar-refractivity contribution in [2.24, 2.45) is 4.99 Å². The fraction of sp³-hybridized carbons (Fsp3) is 0.200. The summed E-state index contributed by atoms with van der Waals surface area (Å²) in [6.45, 7) is 0. The molecule has 0 bridgehead atoms. The molecule has 1 aromatic rings. The van der Waals surface area contributed by atoms with Gasteiger partial charge in [-0.25, -0.2) is 4.99 Å². The first-order chi connectivity index (χ1) is 7.24. The fourth-order valence-corrected chi connectivity index (χ4v) is 3.15. The van der Waals surface area contributed by atoms with Gasteiger partial charge in [-0.15, -0.1) is 11.8 Å². The molecule has 1 aliphatic heterocycles. The zero-order chi connectivity index (χ0) is 10.7. The summed E-state index contributed by atoms with van der Waals surface area (Å²) in [7, 11) is 0. The number of amides is 1. The van der Waals surface area contributed by atoms with E-state index in [1.807, 2.05) is 24.3 Å². The van der Waals surface area contributed by atoms with E-state index in [4.69, 9.17) is 11.6 Å². The maximum absolute atomic E-state index is 10.9. The molecule has 0 unspecified atom stereocenters. The van der Waals surface area contributed by atoms with Gasteiger partial charge in [0, 0.05) is 15.7 Å². The molecule has 0 saturated heterocycles. The Balaban J connectivity index is 1.93. The van der Waals surface area contributed by atoms with Gasteiger partial charge in [-0.05, 0) is 18.2 Å². The van der Waals surface area contributed by atoms with Gasteiger partial charge < -0.3 is 0 Å². The predicted molar refractivity (Wildman–Crippen MR) is 67.1 cm³/mol. The van der Waals surface area contributed by atoms with Crippen molar-refractivity contribution < 1.29 is 4.79 Å². The molecule has 0 atom stereocenters. The van der Waals surface area contributed by atoms with Gasteiger partial charge in [0.05, 0.1) is 10.8 Å². The van der Waals surface area contributed by atoms with Crippen LogP contribution in [-0.4, -0.2) is 22.5 Å². The molecular formula is C10H8ClNOS2. The Kier molecular flexibility index (Phi) is 3.72. The summed E-state index contributed by atoms with van der Waals surface area (Å²) >= 11 is 9.03. The van der Waals surface area contributed by atoms with Gasteiger partial charge in [-0.3, -0.25) is 4.79 Å². The standard InChI is InChI=1S/C10H8ClNOS2/c11-7-2-1-3-8(4-7)14-6-10-12-9(13)5-15-10/h1-4H,5-6H2. The topological polar surface area (TPSA) is 29.4 Å². The van der Waals surface area contributed by atoms with Crippen LogP contribution in [-0.2, 0) is 4.79 Å². The van der Waals surface area contributed by atoms with Crippen LogP contribution < -0.4 is 0 Å². The average molecular weight is 258 g/mol. The van der Waals surface area contributed by atoms with Crippen LogP contribution in [0.2, 0.25) is 5.02 Å². The van der Waals surface area contributed by atoms with Gasteiger partial charge in [0.1, 0.15) is 0 Å². The van der Waals surface area contributed by atoms with Crippen molar-refractivity contribution in [2.75, 3.05) is 11.5 Å². The lowest BCUT2D eigenvalue weighted by atomic mass is 10.4. The van der Waals surface area contributed by atoms with Gasteiger partial charge in [-0.2, -0.15) is 0 Å². The summed E-state index contributed by atoms with van der Waals surface area (Å²) in [5, 5.41) is 1.64. The number of benzene rings is 1. The lowest BCUT2D eigenvalue weighted by Crippen LogP contribution is -1.91. The summed E-state index contributed by atoms with van der Waals surface area (Å²) in [5.41, 5.74) is 0. The van der Waals surface area contributed by atoms with Crippen molar-refractivity contribution in [3.8, 4) is 0 Å². The van der Waals surface area contributed by atoms with E-state index < -0.39 is 0 Å². The van der Waals surface area contributed by atoms with E-state index in [1.54, 1.807) is 11.8 Å². The molecule has 1 aliphatic rings. The second kappa shape index (κ2) is 5.05. The van der Waals surface area contributed by atoms with E-state index in [0.717, 1.165) is 20.7 Å². The minimum Gasteiger partial charge on any atom is -0.272 e. The Morgan fingerprint density at radius 2 is 2.40 bits per heavy atom. The van der Waals surface area contributed by atoms with Crippen LogP contribution in [0.15, 0.2) is 34.2 Å². The summed E-state index contributed by atoms with van der Waals surface area (Å²) in [6, 6.07) is 7.67. The van der Waals surface area contributed by atoms with E-state index >= 15 is 0 Å². The Morgan fingerprint density at radius 3 is 3.07 bits per heavy atom. The third-order valence-corrected chi connectivity index (χ3v) is 4.15. The lowest BCUT2D eigenvalue weighted by Gasteiger charge is -2.00. The lowest BCUT2D eigenvalue weighted by molar-refractivity contribution is -0.115. The normalized spacial score (nSPS) is 15.5. The Labute approximate surface area is 101 Å². The maximum atomic E-state index is 10.9. The highest BCUT2D eigenvalue weighted by Gasteiger charge is 2.14. The molecular weight excluding hydrogens is 250 g/mol. The van der Waals surface area contributed by atoms with Gasteiger partial charge in [0.25, 0.3) is 5.91 Å². The van der Waals surface area contributed by atoms with E-state index in [9.17, 15) is 4.79 Å². The monoisotopic (exact) mass is 257 g/mol. The largest absolute Gasteiger partial charge is 0.272 e. The minimum atomic E-state index is -0.0262. The van der Waals surface area contributed by atoms with E-state index in [-0.39, 0.29) is 5.91 Å². The first-order valence-corrected chi connectivity index (χ1v) is 6.70. The average Bonchev–Trinajstić information content (AvgIpc) is 2.62. The first kappa shape index (κ1) is 11.0. The third kappa shape index (κ3) is 3.26. The van der Waals surface area contributed by atoms with Crippen LogP contribution in [0.1, 0.15) is 0 Å². The molecule has 1 aromatic carbocycles. The number of hydrogen-bond donors (Lipinski definition) is 0. The van der Waals surface area contributed by atoms with E-state index in [2.05, 4.69) is 4.99 Å². The zero-order valence-corrected chi connectivity index (χ0v) is 10.2. The molecule has 0 aromatic heterocycles.